The largest absolute Gasteiger partial charge is 0.306 e. The molecule has 0 aliphatic carbocycles. The molecule has 0 bridgehead atoms. The summed E-state index contributed by atoms with van der Waals surface area (Å²) in [5.74, 6) is -0.212. The van der Waals surface area contributed by atoms with Crippen LogP contribution >= 0.6 is 23.2 Å². The van der Waals surface area contributed by atoms with Crippen molar-refractivity contribution >= 4 is 40.7 Å². The van der Waals surface area contributed by atoms with Crippen molar-refractivity contribution in [3.05, 3.63) is 62.6 Å². The molecule has 12 heteroatoms. The van der Waals surface area contributed by atoms with Crippen LogP contribution in [-0.2, 0) is 17.9 Å². The lowest BCUT2D eigenvalue weighted by Gasteiger charge is -2.06. The monoisotopic (exact) mass is 409 g/mol. The number of aromatic nitrogens is 5. The molecular weight excluding hydrogens is 397 g/mol. The molecule has 2 heterocycles. The Morgan fingerprint density at radius 2 is 2.00 bits per heavy atom. The number of nitro groups is 1. The summed E-state index contributed by atoms with van der Waals surface area (Å²) in [4.78, 5) is 26.1. The number of aryl methyl sites for hydroxylation is 1. The fourth-order valence-corrected chi connectivity index (χ4v) is 2.76. The van der Waals surface area contributed by atoms with Gasteiger partial charge >= 0.3 is 5.69 Å². The molecule has 3 aromatic rings. The van der Waals surface area contributed by atoms with E-state index in [0.29, 0.717) is 22.2 Å². The van der Waals surface area contributed by atoms with Gasteiger partial charge in [-0.25, -0.2) is 9.67 Å². The number of halogens is 2. The molecule has 1 aromatic carbocycles. The van der Waals surface area contributed by atoms with Crippen LogP contribution in [0.1, 0.15) is 12.0 Å². The van der Waals surface area contributed by atoms with Crippen LogP contribution in [0.4, 0.5) is 11.6 Å². The molecule has 0 aliphatic heterocycles. The first-order valence-electron chi connectivity index (χ1n) is 7.71. The summed E-state index contributed by atoms with van der Waals surface area (Å²) in [6, 6.07) is 5.19. The quantitative estimate of drug-likeness (QED) is 0.472. The first-order valence-corrected chi connectivity index (χ1v) is 8.47. The van der Waals surface area contributed by atoms with E-state index < -0.39 is 4.92 Å². The van der Waals surface area contributed by atoms with Gasteiger partial charge in [0, 0.05) is 28.6 Å². The Bertz CT molecular complexity index is 965. The number of hydrogen-bond donors (Lipinski definition) is 1. The van der Waals surface area contributed by atoms with Crippen molar-refractivity contribution in [2.24, 2.45) is 0 Å². The molecule has 10 nitrogen and oxygen atoms in total. The van der Waals surface area contributed by atoms with Gasteiger partial charge in [0.25, 0.3) is 0 Å². The number of hydrogen-bond acceptors (Lipinski definition) is 6. The maximum absolute atomic E-state index is 12.0. The van der Waals surface area contributed by atoms with E-state index in [1.54, 1.807) is 18.2 Å². The number of amides is 1. The van der Waals surface area contributed by atoms with E-state index in [4.69, 9.17) is 23.2 Å². The number of carbonyl (C=O) groups is 1. The Balaban J connectivity index is 1.55. The molecule has 0 aliphatic rings. The Kier molecular flexibility index (Phi) is 5.67. The second-order valence-electron chi connectivity index (χ2n) is 5.48. The van der Waals surface area contributed by atoms with Crippen LogP contribution in [0.2, 0.25) is 10.0 Å². The van der Waals surface area contributed by atoms with Gasteiger partial charge in [-0.1, -0.05) is 29.3 Å². The van der Waals surface area contributed by atoms with Crippen molar-refractivity contribution in [1.82, 2.24) is 24.5 Å². The van der Waals surface area contributed by atoms with Crippen LogP contribution in [0.3, 0.4) is 0 Å². The summed E-state index contributed by atoms with van der Waals surface area (Å²) in [5, 5.41) is 22.2. The summed E-state index contributed by atoms with van der Waals surface area (Å²) in [5.41, 5.74) is 0.568. The van der Waals surface area contributed by atoms with Gasteiger partial charge in [-0.15, -0.1) is 5.10 Å². The standard InChI is InChI=1S/C15H13Cl2N7O3/c16-12-2-1-3-13(17)11(12)8-23-9-18-15(21-23)20-14(25)4-5-22-7-10(6-19-22)24(26)27/h1-3,6-7,9H,4-5,8H2,(H,20,21,25). The predicted octanol–water partition coefficient (Wildman–Crippen LogP) is 2.77. The van der Waals surface area contributed by atoms with Crippen LogP contribution in [0.5, 0.6) is 0 Å². The SMILES string of the molecule is O=C(CCn1cc([N+](=O)[O-])cn1)Nc1ncn(Cc2c(Cl)cccc2Cl)n1. The topological polar surface area (TPSA) is 121 Å². The molecule has 0 saturated heterocycles. The third-order valence-electron chi connectivity index (χ3n) is 3.57. The summed E-state index contributed by atoms with van der Waals surface area (Å²) < 4.78 is 2.82. The van der Waals surface area contributed by atoms with E-state index in [-0.39, 0.29) is 30.5 Å². The molecule has 3 rings (SSSR count). The summed E-state index contributed by atoms with van der Waals surface area (Å²) in [6.45, 7) is 0.494. The number of anilines is 1. The molecule has 2 aromatic heterocycles. The van der Waals surface area contributed by atoms with E-state index >= 15 is 0 Å². The normalized spacial score (nSPS) is 10.7. The lowest BCUT2D eigenvalue weighted by molar-refractivity contribution is -0.385. The van der Waals surface area contributed by atoms with Crippen molar-refractivity contribution in [2.75, 3.05) is 5.32 Å². The van der Waals surface area contributed by atoms with E-state index in [9.17, 15) is 14.9 Å². The van der Waals surface area contributed by atoms with E-state index in [1.165, 1.54) is 21.9 Å². The van der Waals surface area contributed by atoms with Crippen LogP contribution < -0.4 is 5.32 Å². The van der Waals surface area contributed by atoms with Crippen LogP contribution in [0, 0.1) is 10.1 Å². The van der Waals surface area contributed by atoms with Crippen LogP contribution in [0.15, 0.2) is 36.9 Å². The highest BCUT2D eigenvalue weighted by Crippen LogP contribution is 2.24. The molecule has 0 unspecified atom stereocenters. The first kappa shape index (κ1) is 18.8. The highest BCUT2D eigenvalue weighted by molar-refractivity contribution is 6.35. The number of benzene rings is 1. The van der Waals surface area contributed by atoms with Gasteiger partial charge in [-0.3, -0.25) is 24.9 Å². The van der Waals surface area contributed by atoms with Crippen molar-refractivity contribution in [3.8, 4) is 0 Å². The molecule has 0 spiro atoms. The minimum Gasteiger partial charge on any atom is -0.293 e. The second kappa shape index (κ2) is 8.14. The van der Waals surface area contributed by atoms with E-state index in [1.807, 2.05) is 0 Å². The minimum atomic E-state index is -0.550. The van der Waals surface area contributed by atoms with Crippen molar-refractivity contribution in [2.45, 2.75) is 19.5 Å². The second-order valence-corrected chi connectivity index (χ2v) is 6.30. The Morgan fingerprint density at radius 1 is 1.26 bits per heavy atom. The zero-order chi connectivity index (χ0) is 19.4. The molecule has 140 valence electrons. The predicted molar refractivity (Wildman–Crippen MR) is 97.7 cm³/mol. The highest BCUT2D eigenvalue weighted by atomic mass is 35.5. The Hall–Kier alpha value is -2.98. The fourth-order valence-electron chi connectivity index (χ4n) is 2.25. The van der Waals surface area contributed by atoms with Crippen molar-refractivity contribution < 1.29 is 9.72 Å². The molecule has 1 N–H and O–H groups in total. The molecular formula is C15H13Cl2N7O3. The van der Waals surface area contributed by atoms with Crippen LogP contribution in [-0.4, -0.2) is 35.4 Å². The zero-order valence-corrected chi connectivity index (χ0v) is 15.3. The summed E-state index contributed by atoms with van der Waals surface area (Å²) >= 11 is 12.3. The summed E-state index contributed by atoms with van der Waals surface area (Å²) in [7, 11) is 0. The van der Waals surface area contributed by atoms with Gasteiger partial charge in [0.2, 0.25) is 11.9 Å². The molecule has 0 radical (unpaired) electrons. The lowest BCUT2D eigenvalue weighted by atomic mass is 10.2. The number of nitrogens with one attached hydrogen (secondary N) is 1. The van der Waals surface area contributed by atoms with Gasteiger partial charge in [0.05, 0.1) is 11.5 Å². The van der Waals surface area contributed by atoms with Gasteiger partial charge < -0.3 is 0 Å². The molecule has 0 fully saturated rings. The van der Waals surface area contributed by atoms with Crippen molar-refractivity contribution in [1.29, 1.82) is 0 Å². The smallest absolute Gasteiger partial charge is 0.293 e. The van der Waals surface area contributed by atoms with Gasteiger partial charge in [0.15, 0.2) is 0 Å². The average molecular weight is 410 g/mol. The molecule has 0 saturated carbocycles. The molecule has 1 amide bonds. The van der Waals surface area contributed by atoms with E-state index in [0.717, 1.165) is 6.20 Å². The first-order chi connectivity index (χ1) is 12.9. The summed E-state index contributed by atoms with van der Waals surface area (Å²) in [6.07, 6.45) is 3.89. The molecule has 27 heavy (non-hydrogen) atoms. The average Bonchev–Trinajstić information content (AvgIpc) is 3.26. The number of nitrogens with zero attached hydrogens (tertiary/aromatic N) is 6. The number of rotatable bonds is 7. The third-order valence-corrected chi connectivity index (χ3v) is 4.28. The maximum atomic E-state index is 12.0. The zero-order valence-electron chi connectivity index (χ0n) is 13.7. The lowest BCUT2D eigenvalue weighted by Crippen LogP contribution is -2.16. The minimum absolute atomic E-state index is 0.0592. The van der Waals surface area contributed by atoms with Gasteiger partial charge in [-0.2, -0.15) is 5.10 Å². The fraction of sp³-hybridized carbons (Fsp3) is 0.200. The Morgan fingerprint density at radius 3 is 2.67 bits per heavy atom. The van der Waals surface area contributed by atoms with Crippen molar-refractivity contribution in [3.63, 3.8) is 0 Å². The Labute approximate surface area is 162 Å². The number of carbonyl (C=O) groups excluding carboxylic acids is 1. The van der Waals surface area contributed by atoms with E-state index in [2.05, 4.69) is 20.5 Å². The third kappa shape index (κ3) is 4.80. The van der Waals surface area contributed by atoms with Crippen LogP contribution in [0.25, 0.3) is 0 Å². The maximum Gasteiger partial charge on any atom is 0.306 e. The van der Waals surface area contributed by atoms with Gasteiger partial charge in [-0.05, 0) is 12.1 Å². The molecule has 0 atom stereocenters. The highest BCUT2D eigenvalue weighted by Gasteiger charge is 2.12. The van der Waals surface area contributed by atoms with Gasteiger partial charge in [0.1, 0.15) is 18.7 Å².